The fraction of sp³-hybridized carbons (Fsp3) is 0.357. The Morgan fingerprint density at radius 1 is 1.26 bits per heavy atom. The van der Waals surface area contributed by atoms with E-state index in [0.29, 0.717) is 0 Å². The summed E-state index contributed by atoms with van der Waals surface area (Å²) >= 11 is 0. The molecular weight excluding hydrogens is 238 g/mol. The second-order valence-electron chi connectivity index (χ2n) is 4.72. The average Bonchev–Trinajstić information content (AvgIpc) is 3.06. The van der Waals surface area contributed by atoms with Gasteiger partial charge in [0.05, 0.1) is 11.8 Å². The summed E-state index contributed by atoms with van der Waals surface area (Å²) in [5, 5.41) is 8.42. The number of hydrogen-bond donors (Lipinski definition) is 0. The number of aromatic nitrogens is 5. The minimum Gasteiger partial charge on any atom is -0.333 e. The molecule has 0 atom stereocenters. The number of nitrogens with zero attached hydrogens (tertiary/aromatic N) is 5. The summed E-state index contributed by atoms with van der Waals surface area (Å²) < 4.78 is 4.05. The molecule has 0 aliphatic rings. The Labute approximate surface area is 111 Å². The molecule has 1 aromatic carbocycles. The Bertz CT molecular complexity index is 654. The molecule has 0 fully saturated rings. The van der Waals surface area contributed by atoms with E-state index in [9.17, 15) is 0 Å². The number of aryl methyl sites for hydroxylation is 1. The van der Waals surface area contributed by atoms with Crippen LogP contribution in [0.5, 0.6) is 0 Å². The van der Waals surface area contributed by atoms with Gasteiger partial charge in [-0.3, -0.25) is 0 Å². The molecule has 2 heterocycles. The number of benzene rings is 1. The molecule has 0 saturated heterocycles. The maximum absolute atomic E-state index is 4.22. The van der Waals surface area contributed by atoms with Crippen molar-refractivity contribution in [1.29, 1.82) is 0 Å². The van der Waals surface area contributed by atoms with E-state index in [1.807, 2.05) is 23.3 Å². The van der Waals surface area contributed by atoms with E-state index >= 15 is 0 Å². The van der Waals surface area contributed by atoms with Crippen molar-refractivity contribution in [2.75, 3.05) is 0 Å². The molecule has 0 saturated carbocycles. The third kappa shape index (κ3) is 2.50. The van der Waals surface area contributed by atoms with Gasteiger partial charge in [-0.25, -0.2) is 9.67 Å². The summed E-state index contributed by atoms with van der Waals surface area (Å²) in [6, 6.07) is 6.31. The molecule has 0 spiro atoms. The number of rotatable bonds is 5. The number of unbranched alkanes of at least 4 members (excludes halogenated alkanes) is 1. The second-order valence-corrected chi connectivity index (χ2v) is 4.72. The first-order valence-electron chi connectivity index (χ1n) is 6.64. The SMILES string of the molecule is CCCCn1nnc2ccc(Cn3ccnc3)cc21. The highest BCUT2D eigenvalue weighted by atomic mass is 15.4. The van der Waals surface area contributed by atoms with Gasteiger partial charge in [0.15, 0.2) is 0 Å². The Balaban J connectivity index is 1.90. The van der Waals surface area contributed by atoms with Gasteiger partial charge < -0.3 is 4.57 Å². The molecule has 0 radical (unpaired) electrons. The predicted octanol–water partition coefficient (Wildman–Crippen LogP) is 2.48. The largest absolute Gasteiger partial charge is 0.333 e. The fourth-order valence-corrected chi connectivity index (χ4v) is 2.17. The fourth-order valence-electron chi connectivity index (χ4n) is 2.17. The average molecular weight is 255 g/mol. The molecule has 0 aliphatic carbocycles. The smallest absolute Gasteiger partial charge is 0.113 e. The molecule has 3 aromatic rings. The maximum Gasteiger partial charge on any atom is 0.113 e. The quantitative estimate of drug-likeness (QED) is 0.703. The highest BCUT2D eigenvalue weighted by Crippen LogP contribution is 2.15. The van der Waals surface area contributed by atoms with E-state index < -0.39 is 0 Å². The molecule has 0 N–H and O–H groups in total. The van der Waals surface area contributed by atoms with Gasteiger partial charge in [-0.05, 0) is 24.1 Å². The van der Waals surface area contributed by atoms with E-state index in [1.54, 1.807) is 6.20 Å². The van der Waals surface area contributed by atoms with Gasteiger partial charge in [0, 0.05) is 25.5 Å². The first-order valence-corrected chi connectivity index (χ1v) is 6.64. The topological polar surface area (TPSA) is 48.5 Å². The summed E-state index contributed by atoms with van der Waals surface area (Å²) in [5.41, 5.74) is 3.32. The van der Waals surface area contributed by atoms with Crippen LogP contribution in [0, 0.1) is 0 Å². The van der Waals surface area contributed by atoms with Crippen LogP contribution in [0.25, 0.3) is 11.0 Å². The minimum absolute atomic E-state index is 0.828. The lowest BCUT2D eigenvalue weighted by Gasteiger charge is -2.04. The highest BCUT2D eigenvalue weighted by Gasteiger charge is 2.05. The van der Waals surface area contributed by atoms with Gasteiger partial charge in [-0.2, -0.15) is 0 Å². The van der Waals surface area contributed by atoms with E-state index in [2.05, 4.69) is 38.9 Å². The Morgan fingerprint density at radius 2 is 2.21 bits per heavy atom. The van der Waals surface area contributed by atoms with Gasteiger partial charge in [-0.15, -0.1) is 5.10 Å². The molecule has 3 rings (SSSR count). The van der Waals surface area contributed by atoms with Gasteiger partial charge >= 0.3 is 0 Å². The lowest BCUT2D eigenvalue weighted by atomic mass is 10.2. The van der Waals surface area contributed by atoms with Crippen molar-refractivity contribution < 1.29 is 0 Å². The van der Waals surface area contributed by atoms with Crippen LogP contribution in [0.2, 0.25) is 0 Å². The van der Waals surface area contributed by atoms with Gasteiger partial charge in [0.1, 0.15) is 5.52 Å². The van der Waals surface area contributed by atoms with Crippen molar-refractivity contribution in [1.82, 2.24) is 24.5 Å². The Kier molecular flexibility index (Phi) is 3.27. The van der Waals surface area contributed by atoms with E-state index in [4.69, 9.17) is 0 Å². The first-order chi connectivity index (χ1) is 9.36. The maximum atomic E-state index is 4.22. The van der Waals surface area contributed by atoms with E-state index in [-0.39, 0.29) is 0 Å². The van der Waals surface area contributed by atoms with Gasteiger partial charge in [0.2, 0.25) is 0 Å². The molecular formula is C14H17N5. The van der Waals surface area contributed by atoms with Crippen LogP contribution in [0.3, 0.4) is 0 Å². The van der Waals surface area contributed by atoms with Crippen LogP contribution in [0.15, 0.2) is 36.9 Å². The Hall–Kier alpha value is -2.17. The van der Waals surface area contributed by atoms with Crippen LogP contribution in [-0.4, -0.2) is 24.5 Å². The molecule has 2 aromatic heterocycles. The predicted molar refractivity (Wildman–Crippen MR) is 73.8 cm³/mol. The molecule has 19 heavy (non-hydrogen) atoms. The van der Waals surface area contributed by atoms with Crippen molar-refractivity contribution in [2.45, 2.75) is 32.9 Å². The highest BCUT2D eigenvalue weighted by molar-refractivity contribution is 5.75. The van der Waals surface area contributed by atoms with Crippen molar-refractivity contribution in [3.05, 3.63) is 42.5 Å². The molecule has 0 aliphatic heterocycles. The third-order valence-electron chi connectivity index (χ3n) is 3.23. The molecule has 5 nitrogen and oxygen atoms in total. The van der Waals surface area contributed by atoms with Crippen molar-refractivity contribution in [3.8, 4) is 0 Å². The molecule has 98 valence electrons. The van der Waals surface area contributed by atoms with Crippen LogP contribution in [0.1, 0.15) is 25.3 Å². The molecule has 0 bridgehead atoms. The summed E-state index contributed by atoms with van der Waals surface area (Å²) in [5.74, 6) is 0. The summed E-state index contributed by atoms with van der Waals surface area (Å²) in [4.78, 5) is 4.06. The van der Waals surface area contributed by atoms with Crippen LogP contribution >= 0.6 is 0 Å². The minimum atomic E-state index is 0.828. The summed E-state index contributed by atoms with van der Waals surface area (Å²) in [7, 11) is 0. The van der Waals surface area contributed by atoms with Crippen LogP contribution in [-0.2, 0) is 13.1 Å². The van der Waals surface area contributed by atoms with E-state index in [1.165, 1.54) is 5.56 Å². The molecule has 5 heteroatoms. The lowest BCUT2D eigenvalue weighted by molar-refractivity contribution is 0.567. The number of imidazole rings is 1. The van der Waals surface area contributed by atoms with Crippen molar-refractivity contribution in [2.24, 2.45) is 0 Å². The second kappa shape index (κ2) is 5.22. The zero-order chi connectivity index (χ0) is 13.1. The van der Waals surface area contributed by atoms with Gasteiger partial charge in [0.25, 0.3) is 0 Å². The zero-order valence-corrected chi connectivity index (χ0v) is 11.0. The van der Waals surface area contributed by atoms with Crippen molar-refractivity contribution >= 4 is 11.0 Å². The summed E-state index contributed by atoms with van der Waals surface area (Å²) in [6.07, 6.45) is 7.89. The number of hydrogen-bond acceptors (Lipinski definition) is 3. The lowest BCUT2D eigenvalue weighted by Crippen LogP contribution is -2.01. The zero-order valence-electron chi connectivity index (χ0n) is 11.0. The molecule has 0 amide bonds. The number of fused-ring (bicyclic) bond motifs is 1. The van der Waals surface area contributed by atoms with Crippen LogP contribution < -0.4 is 0 Å². The van der Waals surface area contributed by atoms with Gasteiger partial charge in [-0.1, -0.05) is 24.6 Å². The van der Waals surface area contributed by atoms with E-state index in [0.717, 1.165) is 37.0 Å². The normalized spacial score (nSPS) is 11.2. The van der Waals surface area contributed by atoms with Crippen molar-refractivity contribution in [3.63, 3.8) is 0 Å². The van der Waals surface area contributed by atoms with Crippen LogP contribution in [0.4, 0.5) is 0 Å². The third-order valence-corrected chi connectivity index (χ3v) is 3.23. The Morgan fingerprint density at radius 3 is 3.00 bits per heavy atom. The first kappa shape index (κ1) is 11.9. The standard InChI is InChI=1S/C14H17N5/c1-2-3-7-19-14-9-12(4-5-13(14)16-17-19)10-18-8-6-15-11-18/h4-6,8-9,11H,2-3,7,10H2,1H3. The molecule has 0 unspecified atom stereocenters. The monoisotopic (exact) mass is 255 g/mol. The summed E-state index contributed by atoms with van der Waals surface area (Å²) in [6.45, 7) is 3.94.